The van der Waals surface area contributed by atoms with Crippen molar-refractivity contribution in [2.75, 3.05) is 11.9 Å². The fraction of sp³-hybridized carbons (Fsp3) is 0.286. The van der Waals surface area contributed by atoms with E-state index >= 15 is 0 Å². The van der Waals surface area contributed by atoms with Crippen molar-refractivity contribution in [3.05, 3.63) is 65.2 Å². The highest BCUT2D eigenvalue weighted by Gasteiger charge is 2.15. The molecule has 2 rings (SSSR count). The van der Waals surface area contributed by atoms with Gasteiger partial charge in [-0.2, -0.15) is 0 Å². The monoisotopic (exact) mass is 368 g/mol. The maximum absolute atomic E-state index is 12.2. The van der Waals surface area contributed by atoms with Crippen LogP contribution in [0.3, 0.4) is 0 Å². The molecule has 6 nitrogen and oxygen atoms in total. The van der Waals surface area contributed by atoms with Crippen LogP contribution in [0.1, 0.15) is 47.8 Å². The van der Waals surface area contributed by atoms with Crippen molar-refractivity contribution in [1.82, 2.24) is 5.32 Å². The number of benzene rings is 2. The van der Waals surface area contributed by atoms with Gasteiger partial charge in [0.05, 0.1) is 11.6 Å². The summed E-state index contributed by atoms with van der Waals surface area (Å²) in [6.07, 6.45) is 0.724. The van der Waals surface area contributed by atoms with Crippen molar-refractivity contribution in [3.8, 4) is 0 Å². The first-order valence-corrected chi connectivity index (χ1v) is 8.79. The molecule has 0 aliphatic heterocycles. The van der Waals surface area contributed by atoms with Gasteiger partial charge in [-0.1, -0.05) is 42.8 Å². The molecule has 2 amide bonds. The predicted octanol–water partition coefficient (Wildman–Crippen LogP) is 3.38. The van der Waals surface area contributed by atoms with Gasteiger partial charge in [-0.05, 0) is 37.1 Å². The van der Waals surface area contributed by atoms with Gasteiger partial charge in [-0.25, -0.2) is 4.79 Å². The molecule has 2 aromatic rings. The van der Waals surface area contributed by atoms with Gasteiger partial charge in [0.25, 0.3) is 5.91 Å². The van der Waals surface area contributed by atoms with Crippen molar-refractivity contribution < 1.29 is 19.1 Å². The molecule has 0 spiro atoms. The number of carbonyl (C=O) groups excluding carboxylic acids is 3. The first kappa shape index (κ1) is 20.2. The van der Waals surface area contributed by atoms with Crippen LogP contribution in [0.25, 0.3) is 0 Å². The summed E-state index contributed by atoms with van der Waals surface area (Å²) < 4.78 is 5.09. The zero-order valence-electron chi connectivity index (χ0n) is 15.7. The number of hydrogen-bond acceptors (Lipinski definition) is 4. The Hall–Kier alpha value is -3.15. The lowest BCUT2D eigenvalue weighted by Gasteiger charge is -2.17. The van der Waals surface area contributed by atoms with E-state index in [1.807, 2.05) is 38.1 Å². The number of nitrogens with one attached hydrogen (secondary N) is 2. The van der Waals surface area contributed by atoms with Crippen molar-refractivity contribution in [2.45, 2.75) is 33.2 Å². The van der Waals surface area contributed by atoms with E-state index < -0.39 is 5.97 Å². The average Bonchev–Trinajstić information content (AvgIpc) is 2.64. The van der Waals surface area contributed by atoms with Crippen LogP contribution >= 0.6 is 0 Å². The Labute approximate surface area is 158 Å². The SMILES string of the molecule is CC[C@H](NC(=O)COC(=O)c1cccc(NC(C)=O)c1)c1ccc(C)cc1. The topological polar surface area (TPSA) is 84.5 Å². The molecule has 27 heavy (non-hydrogen) atoms. The van der Waals surface area contributed by atoms with Crippen LogP contribution in [-0.4, -0.2) is 24.4 Å². The lowest BCUT2D eigenvalue weighted by molar-refractivity contribution is -0.125. The van der Waals surface area contributed by atoms with Gasteiger partial charge < -0.3 is 15.4 Å². The van der Waals surface area contributed by atoms with Crippen molar-refractivity contribution in [1.29, 1.82) is 0 Å². The average molecular weight is 368 g/mol. The molecule has 2 N–H and O–H groups in total. The lowest BCUT2D eigenvalue weighted by atomic mass is 10.0. The van der Waals surface area contributed by atoms with Crippen LogP contribution in [0.4, 0.5) is 5.69 Å². The van der Waals surface area contributed by atoms with E-state index in [2.05, 4.69) is 10.6 Å². The zero-order chi connectivity index (χ0) is 19.8. The molecule has 2 aromatic carbocycles. The summed E-state index contributed by atoms with van der Waals surface area (Å²) in [6.45, 7) is 4.99. The van der Waals surface area contributed by atoms with Gasteiger partial charge in [0, 0.05) is 12.6 Å². The first-order valence-electron chi connectivity index (χ1n) is 8.79. The standard InChI is InChI=1S/C21H24N2O4/c1-4-19(16-10-8-14(2)9-11-16)23-20(25)13-27-21(26)17-6-5-7-18(12-17)22-15(3)24/h5-12,19H,4,13H2,1-3H3,(H,22,24)(H,23,25)/t19-/m0/s1. The van der Waals surface area contributed by atoms with Crippen LogP contribution in [-0.2, 0) is 14.3 Å². The molecule has 1 atom stereocenters. The van der Waals surface area contributed by atoms with E-state index in [1.165, 1.54) is 13.0 Å². The zero-order valence-corrected chi connectivity index (χ0v) is 15.7. The molecule has 0 heterocycles. The van der Waals surface area contributed by atoms with Crippen molar-refractivity contribution >= 4 is 23.5 Å². The number of amides is 2. The molecule has 0 aliphatic rings. The van der Waals surface area contributed by atoms with E-state index in [4.69, 9.17) is 4.74 Å². The molecule has 6 heteroatoms. The summed E-state index contributed by atoms with van der Waals surface area (Å²) in [7, 11) is 0. The van der Waals surface area contributed by atoms with Crippen molar-refractivity contribution in [3.63, 3.8) is 0 Å². The van der Waals surface area contributed by atoms with Gasteiger partial charge >= 0.3 is 5.97 Å². The number of esters is 1. The molecule has 0 aromatic heterocycles. The van der Waals surface area contributed by atoms with E-state index in [-0.39, 0.29) is 30.0 Å². The molecular formula is C21H24N2O4. The highest BCUT2D eigenvalue weighted by molar-refractivity contribution is 5.94. The molecular weight excluding hydrogens is 344 g/mol. The second-order valence-corrected chi connectivity index (χ2v) is 6.28. The van der Waals surface area contributed by atoms with Crippen LogP contribution in [0.15, 0.2) is 48.5 Å². The van der Waals surface area contributed by atoms with Gasteiger partial charge in [0.15, 0.2) is 6.61 Å². The molecule has 142 valence electrons. The molecule has 0 saturated heterocycles. The number of carbonyl (C=O) groups is 3. The number of hydrogen-bond donors (Lipinski definition) is 2. The summed E-state index contributed by atoms with van der Waals surface area (Å²) >= 11 is 0. The minimum Gasteiger partial charge on any atom is -0.452 e. The van der Waals surface area contributed by atoms with Gasteiger partial charge in [0.1, 0.15) is 0 Å². The molecule has 0 bridgehead atoms. The van der Waals surface area contributed by atoms with E-state index in [0.717, 1.165) is 17.5 Å². The number of anilines is 1. The third kappa shape index (κ3) is 6.26. The van der Waals surface area contributed by atoms with E-state index in [0.29, 0.717) is 5.69 Å². The first-order chi connectivity index (χ1) is 12.9. The largest absolute Gasteiger partial charge is 0.452 e. The quantitative estimate of drug-likeness (QED) is 0.734. The summed E-state index contributed by atoms with van der Waals surface area (Å²) in [5, 5.41) is 5.47. The normalized spacial score (nSPS) is 11.4. The van der Waals surface area contributed by atoms with Crippen molar-refractivity contribution in [2.24, 2.45) is 0 Å². The number of aryl methyl sites for hydroxylation is 1. The van der Waals surface area contributed by atoms with Gasteiger partial charge in [-0.3, -0.25) is 9.59 Å². The van der Waals surface area contributed by atoms with Gasteiger partial charge in [-0.15, -0.1) is 0 Å². The third-order valence-electron chi connectivity index (χ3n) is 3.98. The minimum atomic E-state index is -0.624. The lowest BCUT2D eigenvalue weighted by Crippen LogP contribution is -2.32. The smallest absolute Gasteiger partial charge is 0.338 e. The van der Waals surface area contributed by atoms with E-state index in [1.54, 1.807) is 18.2 Å². The summed E-state index contributed by atoms with van der Waals surface area (Å²) in [4.78, 5) is 35.4. The maximum atomic E-state index is 12.2. The predicted molar refractivity (Wildman–Crippen MR) is 103 cm³/mol. The fourth-order valence-corrected chi connectivity index (χ4v) is 2.60. The summed E-state index contributed by atoms with van der Waals surface area (Å²) in [6, 6.07) is 14.2. The highest BCUT2D eigenvalue weighted by atomic mass is 16.5. The van der Waals surface area contributed by atoms with Gasteiger partial charge in [0.2, 0.25) is 5.91 Å². The third-order valence-corrected chi connectivity index (χ3v) is 3.98. The molecule has 0 fully saturated rings. The summed E-state index contributed by atoms with van der Waals surface area (Å²) in [5.41, 5.74) is 2.91. The second-order valence-electron chi connectivity index (χ2n) is 6.28. The Balaban J connectivity index is 1.91. The Kier molecular flexibility index (Phi) is 7.11. The molecule has 0 radical (unpaired) electrons. The Bertz CT molecular complexity index is 815. The number of ether oxygens (including phenoxy) is 1. The number of rotatable bonds is 7. The van der Waals surface area contributed by atoms with Crippen LogP contribution in [0.2, 0.25) is 0 Å². The Morgan fingerprint density at radius 3 is 2.41 bits per heavy atom. The van der Waals surface area contributed by atoms with Crippen LogP contribution < -0.4 is 10.6 Å². The highest BCUT2D eigenvalue weighted by Crippen LogP contribution is 2.17. The fourth-order valence-electron chi connectivity index (χ4n) is 2.60. The minimum absolute atomic E-state index is 0.139. The van der Waals surface area contributed by atoms with Crippen LogP contribution in [0, 0.1) is 6.92 Å². The Morgan fingerprint density at radius 2 is 1.78 bits per heavy atom. The van der Waals surface area contributed by atoms with E-state index in [9.17, 15) is 14.4 Å². The Morgan fingerprint density at radius 1 is 1.07 bits per heavy atom. The maximum Gasteiger partial charge on any atom is 0.338 e. The van der Waals surface area contributed by atoms with Crippen LogP contribution in [0.5, 0.6) is 0 Å². The molecule has 0 saturated carbocycles. The summed E-state index contributed by atoms with van der Waals surface area (Å²) in [5.74, 6) is -1.23. The molecule has 0 unspecified atom stereocenters. The second kappa shape index (κ2) is 9.52. The molecule has 0 aliphatic carbocycles.